The van der Waals surface area contributed by atoms with Crippen molar-refractivity contribution < 1.29 is 26.7 Å². The Morgan fingerprint density at radius 2 is 1.76 bits per heavy atom. The van der Waals surface area contributed by atoms with E-state index in [1.54, 1.807) is 18.2 Å². The van der Waals surface area contributed by atoms with E-state index in [9.17, 15) is 26.7 Å². The molecule has 152 valence electrons. The number of nitrogens with one attached hydrogen (secondary N) is 2. The molecule has 4 rings (SSSR count). The quantitative estimate of drug-likeness (QED) is 0.541. The van der Waals surface area contributed by atoms with E-state index in [-0.39, 0.29) is 11.5 Å². The maximum absolute atomic E-state index is 14.3. The number of aromatic nitrogens is 1. The molecule has 2 aromatic carbocycles. The molecule has 1 aromatic heterocycles. The first-order chi connectivity index (χ1) is 13.6. The molecule has 3 nitrogen and oxygen atoms in total. The van der Waals surface area contributed by atoms with Crippen molar-refractivity contribution in [3.63, 3.8) is 0 Å². The van der Waals surface area contributed by atoms with Crippen molar-refractivity contribution >= 4 is 16.8 Å². The lowest BCUT2D eigenvalue weighted by atomic mass is 9.95. The van der Waals surface area contributed by atoms with Crippen molar-refractivity contribution in [1.82, 2.24) is 10.3 Å². The van der Waals surface area contributed by atoms with Gasteiger partial charge >= 0.3 is 6.18 Å². The second kappa shape index (κ2) is 6.57. The van der Waals surface area contributed by atoms with Crippen LogP contribution in [0, 0.1) is 0 Å². The van der Waals surface area contributed by atoms with Gasteiger partial charge in [0.2, 0.25) is 0 Å². The molecule has 2 N–H and O–H groups in total. The van der Waals surface area contributed by atoms with Crippen LogP contribution in [0.3, 0.4) is 0 Å². The van der Waals surface area contributed by atoms with Crippen LogP contribution in [0.1, 0.15) is 40.4 Å². The van der Waals surface area contributed by atoms with Gasteiger partial charge in [0.1, 0.15) is 0 Å². The number of aromatic amines is 1. The highest BCUT2D eigenvalue weighted by atomic mass is 19.4. The lowest BCUT2D eigenvalue weighted by molar-refractivity contribution is -0.137. The number of carbonyl (C=O) groups is 1. The van der Waals surface area contributed by atoms with Gasteiger partial charge in [0, 0.05) is 40.7 Å². The standard InChI is InChI=1S/C21H17F5N2O/c1-2-20(22,23)12-8-11(9-13(10-12)21(24,25)26)18-14-6-7-27-19(29)15-4-3-5-16(28-18)17(14)15/h3-5,8-10,28H,2,6-7H2,1H3,(H,27,29). The van der Waals surface area contributed by atoms with E-state index in [1.807, 2.05) is 0 Å². The highest BCUT2D eigenvalue weighted by molar-refractivity contribution is 6.10. The van der Waals surface area contributed by atoms with Gasteiger partial charge in [0.15, 0.2) is 0 Å². The van der Waals surface area contributed by atoms with Gasteiger partial charge in [-0.3, -0.25) is 4.79 Å². The molecule has 0 saturated heterocycles. The van der Waals surface area contributed by atoms with E-state index in [1.165, 1.54) is 6.92 Å². The van der Waals surface area contributed by atoms with Crippen molar-refractivity contribution in [2.24, 2.45) is 0 Å². The van der Waals surface area contributed by atoms with Crippen LogP contribution in [0.2, 0.25) is 0 Å². The lowest BCUT2D eigenvalue weighted by Gasteiger charge is -2.18. The molecule has 1 aliphatic rings. The first-order valence-electron chi connectivity index (χ1n) is 9.14. The Hall–Kier alpha value is -2.90. The van der Waals surface area contributed by atoms with Crippen molar-refractivity contribution in [1.29, 1.82) is 0 Å². The van der Waals surface area contributed by atoms with Gasteiger partial charge in [0.25, 0.3) is 11.8 Å². The van der Waals surface area contributed by atoms with E-state index in [0.717, 1.165) is 12.1 Å². The van der Waals surface area contributed by atoms with Gasteiger partial charge in [-0.05, 0) is 47.9 Å². The number of amides is 1. The summed E-state index contributed by atoms with van der Waals surface area (Å²) in [7, 11) is 0. The molecule has 0 aliphatic carbocycles. The second-order valence-electron chi connectivity index (χ2n) is 7.07. The minimum Gasteiger partial charge on any atom is -0.354 e. The Morgan fingerprint density at radius 3 is 2.45 bits per heavy atom. The summed E-state index contributed by atoms with van der Waals surface area (Å²) in [5.74, 6) is -3.67. The minimum absolute atomic E-state index is 0.0226. The van der Waals surface area contributed by atoms with E-state index in [0.29, 0.717) is 46.8 Å². The second-order valence-corrected chi connectivity index (χ2v) is 7.07. The van der Waals surface area contributed by atoms with Crippen LogP contribution in [-0.4, -0.2) is 17.4 Å². The smallest absolute Gasteiger partial charge is 0.354 e. The highest BCUT2D eigenvalue weighted by Crippen LogP contribution is 2.41. The van der Waals surface area contributed by atoms with E-state index in [2.05, 4.69) is 10.3 Å². The Balaban J connectivity index is 2.01. The molecule has 29 heavy (non-hydrogen) atoms. The monoisotopic (exact) mass is 408 g/mol. The van der Waals surface area contributed by atoms with Gasteiger partial charge in [-0.25, -0.2) is 8.78 Å². The maximum Gasteiger partial charge on any atom is 0.416 e. The molecule has 1 amide bonds. The maximum atomic E-state index is 14.3. The summed E-state index contributed by atoms with van der Waals surface area (Å²) in [6, 6.07) is 7.47. The zero-order chi connectivity index (χ0) is 21.0. The van der Waals surface area contributed by atoms with Crippen LogP contribution < -0.4 is 5.32 Å². The van der Waals surface area contributed by atoms with Crippen molar-refractivity contribution in [2.75, 3.05) is 6.54 Å². The number of H-pyrrole nitrogens is 1. The number of rotatable bonds is 3. The van der Waals surface area contributed by atoms with Crippen molar-refractivity contribution in [2.45, 2.75) is 31.9 Å². The summed E-state index contributed by atoms with van der Waals surface area (Å²) in [5.41, 5.74) is 0.150. The average Bonchev–Trinajstić information content (AvgIpc) is 2.96. The van der Waals surface area contributed by atoms with Crippen LogP contribution in [0.4, 0.5) is 22.0 Å². The van der Waals surface area contributed by atoms with E-state index < -0.39 is 29.6 Å². The first-order valence-corrected chi connectivity index (χ1v) is 9.14. The third-order valence-electron chi connectivity index (χ3n) is 5.25. The molecule has 2 heterocycles. The number of halogens is 5. The lowest BCUT2D eigenvalue weighted by Crippen LogP contribution is -2.23. The SMILES string of the molecule is CCC(F)(F)c1cc(-c2[nH]c3cccc4c3c2CCNC4=O)cc(C(F)(F)F)c1. The molecule has 0 radical (unpaired) electrons. The summed E-state index contributed by atoms with van der Waals surface area (Å²) < 4.78 is 68.9. The van der Waals surface area contributed by atoms with Crippen LogP contribution in [0.15, 0.2) is 36.4 Å². The molecule has 0 spiro atoms. The third kappa shape index (κ3) is 3.26. The Morgan fingerprint density at radius 1 is 1.03 bits per heavy atom. The molecule has 0 fully saturated rings. The fraction of sp³-hybridized carbons (Fsp3) is 0.286. The zero-order valence-corrected chi connectivity index (χ0v) is 15.4. The summed E-state index contributed by atoms with van der Waals surface area (Å²) in [6.45, 7) is 1.52. The number of alkyl halides is 5. The summed E-state index contributed by atoms with van der Waals surface area (Å²) in [4.78, 5) is 15.3. The van der Waals surface area contributed by atoms with Gasteiger partial charge in [-0.15, -0.1) is 0 Å². The molecule has 0 bridgehead atoms. The van der Waals surface area contributed by atoms with Gasteiger partial charge in [-0.1, -0.05) is 13.0 Å². The van der Waals surface area contributed by atoms with Crippen LogP contribution in [0.5, 0.6) is 0 Å². The van der Waals surface area contributed by atoms with Crippen LogP contribution >= 0.6 is 0 Å². The summed E-state index contributed by atoms with van der Waals surface area (Å²) >= 11 is 0. The predicted molar refractivity (Wildman–Crippen MR) is 99.0 cm³/mol. The molecule has 0 saturated carbocycles. The molecule has 1 aliphatic heterocycles. The molecule has 0 atom stereocenters. The molecule has 8 heteroatoms. The topological polar surface area (TPSA) is 44.9 Å². The largest absolute Gasteiger partial charge is 0.416 e. The Labute approximate surface area is 162 Å². The Kier molecular flexibility index (Phi) is 4.40. The van der Waals surface area contributed by atoms with Crippen molar-refractivity contribution in [3.8, 4) is 11.3 Å². The van der Waals surface area contributed by atoms with Gasteiger partial charge < -0.3 is 10.3 Å². The summed E-state index contributed by atoms with van der Waals surface area (Å²) in [6.07, 6.45) is -5.01. The van der Waals surface area contributed by atoms with Crippen molar-refractivity contribution in [3.05, 3.63) is 58.7 Å². The number of carbonyl (C=O) groups excluding carboxylic acids is 1. The van der Waals surface area contributed by atoms with E-state index >= 15 is 0 Å². The minimum atomic E-state index is -4.77. The fourth-order valence-electron chi connectivity index (χ4n) is 3.75. The summed E-state index contributed by atoms with van der Waals surface area (Å²) in [5, 5.41) is 3.35. The average molecular weight is 408 g/mol. The molecule has 0 unspecified atom stereocenters. The molecular formula is C21H17F5N2O. The number of hydrogen-bond acceptors (Lipinski definition) is 1. The highest BCUT2D eigenvalue weighted by Gasteiger charge is 2.36. The number of hydrogen-bond donors (Lipinski definition) is 2. The first kappa shape index (κ1) is 19.4. The number of benzene rings is 2. The van der Waals surface area contributed by atoms with Crippen LogP contribution in [-0.2, 0) is 18.5 Å². The third-order valence-corrected chi connectivity index (χ3v) is 5.25. The fourth-order valence-corrected chi connectivity index (χ4v) is 3.75. The van der Waals surface area contributed by atoms with Crippen LogP contribution in [0.25, 0.3) is 22.2 Å². The van der Waals surface area contributed by atoms with Gasteiger partial charge in [-0.2, -0.15) is 13.2 Å². The van der Waals surface area contributed by atoms with Gasteiger partial charge in [0.05, 0.1) is 5.56 Å². The predicted octanol–water partition coefficient (Wildman–Crippen LogP) is 5.64. The normalized spacial score (nSPS) is 14.8. The molecular weight excluding hydrogens is 391 g/mol. The molecule has 3 aromatic rings. The zero-order valence-electron chi connectivity index (χ0n) is 15.4. The van der Waals surface area contributed by atoms with E-state index in [4.69, 9.17) is 0 Å². The Bertz CT molecular complexity index is 1110.